The molecule has 0 bridgehead atoms. The zero-order valence-corrected chi connectivity index (χ0v) is 26.5. The van der Waals surface area contributed by atoms with Gasteiger partial charge < -0.3 is 20.9 Å². The molecule has 1 amide bonds. The van der Waals surface area contributed by atoms with Gasteiger partial charge in [0.15, 0.2) is 5.82 Å². The second-order valence-electron chi connectivity index (χ2n) is 8.81. The van der Waals surface area contributed by atoms with E-state index < -0.39 is 0 Å². The van der Waals surface area contributed by atoms with E-state index in [9.17, 15) is 4.79 Å². The topological polar surface area (TPSA) is 87.4 Å². The lowest BCUT2D eigenvalue weighted by molar-refractivity contribution is 0.0992. The van der Waals surface area contributed by atoms with Crippen LogP contribution in [0.5, 0.6) is 0 Å². The molecule has 1 aliphatic rings. The number of hydrogen-bond acceptors (Lipinski definition) is 6. The Morgan fingerprint density at radius 2 is 1.56 bits per heavy atom. The zero-order chi connectivity index (χ0) is 23.9. The van der Waals surface area contributed by atoms with Crippen molar-refractivity contribution in [2.75, 3.05) is 49.9 Å². The van der Waals surface area contributed by atoms with Crippen LogP contribution >= 0.6 is 62.0 Å². The van der Waals surface area contributed by atoms with Crippen LogP contribution in [0.4, 0.5) is 11.5 Å². The van der Waals surface area contributed by atoms with Gasteiger partial charge in [-0.2, -0.15) is 0 Å². The predicted octanol–water partition coefficient (Wildman–Crippen LogP) is 6.44. The number of rotatable bonds is 13. The summed E-state index contributed by atoms with van der Waals surface area (Å²) in [5, 5.41) is 5.53. The molecular formula is C27H41Cl5N6O. The minimum atomic E-state index is 0. The van der Waals surface area contributed by atoms with Crippen molar-refractivity contribution >= 4 is 90.2 Å². The molecule has 1 aliphatic heterocycles. The Labute approximate surface area is 263 Å². The summed E-state index contributed by atoms with van der Waals surface area (Å²) in [6.45, 7) is 10.7. The number of aromatic nitrogens is 2. The van der Waals surface area contributed by atoms with Gasteiger partial charge in [-0.05, 0) is 88.1 Å². The van der Waals surface area contributed by atoms with Crippen LogP contribution in [0.15, 0.2) is 42.6 Å². The van der Waals surface area contributed by atoms with Crippen LogP contribution in [0, 0.1) is 0 Å². The molecule has 12 heteroatoms. The Morgan fingerprint density at radius 3 is 2.23 bits per heavy atom. The molecule has 0 aliphatic carbocycles. The van der Waals surface area contributed by atoms with Gasteiger partial charge in [0.05, 0.1) is 5.69 Å². The van der Waals surface area contributed by atoms with Gasteiger partial charge in [0.1, 0.15) is 5.82 Å². The van der Waals surface area contributed by atoms with Crippen molar-refractivity contribution < 1.29 is 4.79 Å². The van der Waals surface area contributed by atoms with E-state index in [1.807, 2.05) is 35.2 Å². The fourth-order valence-electron chi connectivity index (χ4n) is 4.74. The van der Waals surface area contributed by atoms with Crippen LogP contribution in [0.1, 0.15) is 49.9 Å². The van der Waals surface area contributed by atoms with Crippen molar-refractivity contribution in [2.24, 2.45) is 0 Å². The maximum atomic E-state index is 13.2. The lowest BCUT2D eigenvalue weighted by atomic mass is 10.00. The number of nitrogens with one attached hydrogen (secondary N) is 1. The van der Waals surface area contributed by atoms with Gasteiger partial charge >= 0.3 is 0 Å². The minimum Gasteiger partial charge on any atom is -0.384 e. The number of amides is 1. The molecule has 39 heavy (non-hydrogen) atoms. The summed E-state index contributed by atoms with van der Waals surface area (Å²) in [5.41, 5.74) is 8.50. The van der Waals surface area contributed by atoms with E-state index in [2.05, 4.69) is 34.0 Å². The van der Waals surface area contributed by atoms with Crippen LogP contribution in [-0.4, -0.2) is 60.0 Å². The number of anilines is 2. The van der Waals surface area contributed by atoms with Crippen molar-refractivity contribution in [3.8, 4) is 11.4 Å². The third-order valence-corrected chi connectivity index (χ3v) is 6.66. The fourth-order valence-corrected chi connectivity index (χ4v) is 4.74. The number of halogens is 5. The Kier molecular flexibility index (Phi) is 19.8. The molecule has 0 saturated heterocycles. The predicted molar refractivity (Wildman–Crippen MR) is 176 cm³/mol. The first-order chi connectivity index (χ1) is 16.6. The normalized spacial score (nSPS) is 11.3. The van der Waals surface area contributed by atoms with Crippen molar-refractivity contribution in [3.05, 3.63) is 48.2 Å². The number of nitrogen functional groups attached to an aromatic ring is 1. The Morgan fingerprint density at radius 1 is 0.872 bits per heavy atom. The molecule has 3 N–H and O–H groups in total. The highest BCUT2D eigenvalue weighted by atomic mass is 35.5. The van der Waals surface area contributed by atoms with Gasteiger partial charge in [0.2, 0.25) is 0 Å². The summed E-state index contributed by atoms with van der Waals surface area (Å²) in [4.78, 5) is 26.3. The summed E-state index contributed by atoms with van der Waals surface area (Å²) in [6, 6.07) is 11.6. The lowest BCUT2D eigenvalue weighted by Gasteiger charge is -2.18. The molecule has 3 aromatic rings. The first-order valence-electron chi connectivity index (χ1n) is 12.5. The van der Waals surface area contributed by atoms with Crippen LogP contribution in [0.2, 0.25) is 0 Å². The first-order valence-corrected chi connectivity index (χ1v) is 12.5. The smallest absolute Gasteiger partial charge is 0.258 e. The quantitative estimate of drug-likeness (QED) is 0.209. The zero-order valence-electron chi connectivity index (χ0n) is 22.4. The molecular weight excluding hydrogens is 602 g/mol. The molecule has 2 aromatic carbocycles. The number of benzene rings is 2. The van der Waals surface area contributed by atoms with E-state index in [0.717, 1.165) is 73.2 Å². The molecule has 220 valence electrons. The standard InChI is InChI=1S/C27H36N6O.5ClH/c1-3-32(4-2)18-7-5-15-29-16-6-8-19-33-23-13-12-21(26-30-17-14-24(28)31-26)20-10-9-11-22(25(20)23)27(33)34;;;;;/h9-14,17,29H,3-8,15-16,18-19H2,1-2H3,(H2,28,30,31);5*1H. The van der Waals surface area contributed by atoms with E-state index in [-0.39, 0.29) is 67.9 Å². The van der Waals surface area contributed by atoms with Gasteiger partial charge in [-0.15, -0.1) is 62.0 Å². The van der Waals surface area contributed by atoms with Gasteiger partial charge in [0, 0.05) is 29.3 Å². The van der Waals surface area contributed by atoms with Crippen LogP contribution < -0.4 is 16.0 Å². The van der Waals surface area contributed by atoms with Crippen molar-refractivity contribution in [1.29, 1.82) is 0 Å². The highest BCUT2D eigenvalue weighted by Crippen LogP contribution is 2.41. The second kappa shape index (κ2) is 19.5. The highest BCUT2D eigenvalue weighted by molar-refractivity contribution is 6.26. The summed E-state index contributed by atoms with van der Waals surface area (Å²) in [7, 11) is 0. The molecule has 0 unspecified atom stereocenters. The molecule has 0 fully saturated rings. The molecule has 0 saturated carbocycles. The molecule has 0 radical (unpaired) electrons. The Bertz CT molecular complexity index is 1150. The van der Waals surface area contributed by atoms with Gasteiger partial charge in [-0.3, -0.25) is 4.79 Å². The van der Waals surface area contributed by atoms with Crippen LogP contribution in [0.3, 0.4) is 0 Å². The molecule has 7 nitrogen and oxygen atoms in total. The van der Waals surface area contributed by atoms with Gasteiger partial charge in [0.25, 0.3) is 5.91 Å². The second-order valence-corrected chi connectivity index (χ2v) is 8.81. The number of unbranched alkanes of at least 4 members (excludes halogenated alkanes) is 2. The largest absolute Gasteiger partial charge is 0.384 e. The third-order valence-electron chi connectivity index (χ3n) is 6.66. The van der Waals surface area contributed by atoms with Gasteiger partial charge in [-0.25, -0.2) is 9.97 Å². The number of hydrogen-bond donors (Lipinski definition) is 2. The van der Waals surface area contributed by atoms with Gasteiger partial charge in [-0.1, -0.05) is 26.0 Å². The van der Waals surface area contributed by atoms with Crippen molar-refractivity contribution in [2.45, 2.75) is 39.5 Å². The molecule has 1 aromatic heterocycles. The fraction of sp³-hybridized carbons (Fsp3) is 0.444. The molecule has 2 heterocycles. The van der Waals surface area contributed by atoms with E-state index in [0.29, 0.717) is 11.6 Å². The van der Waals surface area contributed by atoms with Crippen molar-refractivity contribution in [1.82, 2.24) is 20.2 Å². The number of carbonyl (C=O) groups is 1. The van der Waals surface area contributed by atoms with E-state index in [1.165, 1.54) is 19.4 Å². The Balaban J connectivity index is 0. The Hall–Kier alpha value is -1.58. The average Bonchev–Trinajstić information content (AvgIpc) is 3.13. The highest BCUT2D eigenvalue weighted by Gasteiger charge is 2.30. The maximum Gasteiger partial charge on any atom is 0.258 e. The van der Waals surface area contributed by atoms with Crippen LogP contribution in [0.25, 0.3) is 22.2 Å². The molecule has 0 atom stereocenters. The summed E-state index contributed by atoms with van der Waals surface area (Å²) < 4.78 is 0. The minimum absolute atomic E-state index is 0. The van der Waals surface area contributed by atoms with Crippen molar-refractivity contribution in [3.63, 3.8) is 0 Å². The molecule has 4 rings (SSSR count). The summed E-state index contributed by atoms with van der Waals surface area (Å²) in [6.07, 6.45) is 6.12. The number of nitrogens with zero attached hydrogens (tertiary/aromatic N) is 4. The number of carbonyl (C=O) groups excluding carboxylic acids is 1. The summed E-state index contributed by atoms with van der Waals surface area (Å²) >= 11 is 0. The SMILES string of the molecule is CCN(CC)CCCCNCCCCN1C(=O)c2cccc3c(-c4nccc(N)n4)ccc1c23.Cl.Cl.Cl.Cl.Cl. The summed E-state index contributed by atoms with van der Waals surface area (Å²) in [5.74, 6) is 1.09. The molecule has 0 spiro atoms. The van der Waals surface area contributed by atoms with E-state index in [4.69, 9.17) is 5.73 Å². The van der Waals surface area contributed by atoms with Crippen LogP contribution in [-0.2, 0) is 0 Å². The lowest BCUT2D eigenvalue weighted by Crippen LogP contribution is -2.28. The van der Waals surface area contributed by atoms with E-state index in [1.54, 1.807) is 12.3 Å². The maximum absolute atomic E-state index is 13.2. The third kappa shape index (κ3) is 9.49. The monoisotopic (exact) mass is 640 g/mol. The average molecular weight is 643 g/mol. The first kappa shape index (κ1) is 39.6. The number of nitrogens with two attached hydrogens (primary N) is 1. The van der Waals surface area contributed by atoms with E-state index >= 15 is 0 Å².